The molecule has 3 aromatic carbocycles. The lowest BCUT2D eigenvalue weighted by atomic mass is 9.92. The topological polar surface area (TPSA) is 84.3 Å². The minimum absolute atomic E-state index is 0.0431. The van der Waals surface area contributed by atoms with E-state index in [9.17, 15) is 13.2 Å². The zero-order chi connectivity index (χ0) is 27.5. The fourth-order valence-electron chi connectivity index (χ4n) is 3.86. The summed E-state index contributed by atoms with van der Waals surface area (Å²) in [6.45, 7) is 7.61. The van der Waals surface area contributed by atoms with Crippen molar-refractivity contribution in [3.8, 4) is 5.69 Å². The van der Waals surface area contributed by atoms with Crippen LogP contribution in [-0.4, -0.2) is 35.0 Å². The Bertz CT molecular complexity index is 1530. The van der Waals surface area contributed by atoms with Crippen molar-refractivity contribution in [2.75, 3.05) is 11.9 Å². The fourth-order valence-corrected chi connectivity index (χ4v) is 5.46. The van der Waals surface area contributed by atoms with Crippen LogP contribution in [0, 0.1) is 6.92 Å². The molecule has 0 bridgehead atoms. The van der Waals surface area contributed by atoms with E-state index in [-0.39, 0.29) is 23.4 Å². The van der Waals surface area contributed by atoms with E-state index >= 15 is 0 Å². The zero-order valence-corrected chi connectivity index (χ0v) is 23.4. The SMILES string of the molecule is Cc1ccc(S(=O)(=O)N(CC(=O)Nc2cc(C(C)(C)C)nn2-c2ccccc2Cl)Cc2ccccc2)cc1. The van der Waals surface area contributed by atoms with Crippen LogP contribution in [0.1, 0.15) is 37.6 Å². The van der Waals surface area contributed by atoms with Crippen LogP contribution in [0.15, 0.2) is 89.8 Å². The predicted molar refractivity (Wildman–Crippen MR) is 151 cm³/mol. The van der Waals surface area contributed by atoms with Gasteiger partial charge in [0.1, 0.15) is 5.82 Å². The highest BCUT2D eigenvalue weighted by atomic mass is 35.5. The Hall–Kier alpha value is -3.46. The molecule has 0 radical (unpaired) electrons. The van der Waals surface area contributed by atoms with Gasteiger partial charge in [0.2, 0.25) is 15.9 Å². The number of rotatable bonds is 8. The highest BCUT2D eigenvalue weighted by Crippen LogP contribution is 2.29. The lowest BCUT2D eigenvalue weighted by Crippen LogP contribution is -2.37. The number of nitrogens with zero attached hydrogens (tertiary/aromatic N) is 3. The van der Waals surface area contributed by atoms with Gasteiger partial charge in [-0.2, -0.15) is 9.40 Å². The number of aryl methyl sites for hydroxylation is 1. The van der Waals surface area contributed by atoms with Crippen molar-refractivity contribution >= 4 is 33.3 Å². The smallest absolute Gasteiger partial charge is 0.243 e. The van der Waals surface area contributed by atoms with Crippen molar-refractivity contribution in [1.82, 2.24) is 14.1 Å². The van der Waals surface area contributed by atoms with Gasteiger partial charge in [-0.25, -0.2) is 13.1 Å². The quantitative estimate of drug-likeness (QED) is 0.293. The highest BCUT2D eigenvalue weighted by Gasteiger charge is 2.28. The molecule has 1 amide bonds. The van der Waals surface area contributed by atoms with Crippen molar-refractivity contribution in [3.05, 3.63) is 107 Å². The van der Waals surface area contributed by atoms with Crippen LogP contribution in [0.2, 0.25) is 5.02 Å². The molecular weight excluding hydrogens is 520 g/mol. The number of halogens is 1. The molecule has 9 heteroatoms. The van der Waals surface area contributed by atoms with Crippen LogP contribution >= 0.6 is 11.6 Å². The summed E-state index contributed by atoms with van der Waals surface area (Å²) in [5, 5.41) is 8.05. The summed E-state index contributed by atoms with van der Waals surface area (Å²) in [4.78, 5) is 13.5. The Morgan fingerprint density at radius 1 is 0.974 bits per heavy atom. The first-order chi connectivity index (χ1) is 17.9. The van der Waals surface area contributed by atoms with Crippen molar-refractivity contribution < 1.29 is 13.2 Å². The van der Waals surface area contributed by atoms with Crippen LogP contribution in [0.5, 0.6) is 0 Å². The van der Waals surface area contributed by atoms with Crippen molar-refractivity contribution in [2.45, 2.75) is 44.6 Å². The van der Waals surface area contributed by atoms with Gasteiger partial charge in [0.05, 0.1) is 27.8 Å². The Morgan fingerprint density at radius 2 is 1.61 bits per heavy atom. The van der Waals surface area contributed by atoms with Crippen LogP contribution in [0.3, 0.4) is 0 Å². The van der Waals surface area contributed by atoms with Crippen LogP contribution in [0.4, 0.5) is 5.82 Å². The maximum atomic E-state index is 13.6. The summed E-state index contributed by atoms with van der Waals surface area (Å²) < 4.78 is 30.0. The van der Waals surface area contributed by atoms with Gasteiger partial charge in [-0.3, -0.25) is 4.79 Å². The van der Waals surface area contributed by atoms with Crippen LogP contribution in [-0.2, 0) is 26.8 Å². The van der Waals surface area contributed by atoms with Gasteiger partial charge < -0.3 is 5.32 Å². The lowest BCUT2D eigenvalue weighted by molar-refractivity contribution is -0.116. The molecule has 0 fully saturated rings. The molecule has 198 valence electrons. The van der Waals surface area contributed by atoms with Crippen molar-refractivity contribution in [1.29, 1.82) is 0 Å². The van der Waals surface area contributed by atoms with Crippen molar-refractivity contribution in [3.63, 3.8) is 0 Å². The van der Waals surface area contributed by atoms with E-state index in [1.807, 2.05) is 70.2 Å². The molecular formula is C29H31ClN4O3S. The van der Waals surface area contributed by atoms with Gasteiger partial charge in [0, 0.05) is 18.0 Å². The molecule has 4 rings (SSSR count). The molecule has 0 saturated carbocycles. The van der Waals surface area contributed by atoms with Crippen LogP contribution < -0.4 is 5.32 Å². The third kappa shape index (κ3) is 6.32. The van der Waals surface area contributed by atoms with E-state index in [0.717, 1.165) is 16.8 Å². The van der Waals surface area contributed by atoms with E-state index in [0.29, 0.717) is 16.5 Å². The maximum Gasteiger partial charge on any atom is 0.243 e. The third-order valence-corrected chi connectivity index (χ3v) is 8.13. The number of para-hydroxylation sites is 1. The number of aromatic nitrogens is 2. The summed E-state index contributed by atoms with van der Waals surface area (Å²) >= 11 is 6.44. The summed E-state index contributed by atoms with van der Waals surface area (Å²) in [6, 6.07) is 24.8. The average molecular weight is 551 g/mol. The molecule has 1 aromatic heterocycles. The number of hydrogen-bond donors (Lipinski definition) is 1. The molecule has 38 heavy (non-hydrogen) atoms. The molecule has 1 heterocycles. The number of nitrogens with one attached hydrogen (secondary N) is 1. The number of sulfonamides is 1. The first kappa shape index (κ1) is 27.6. The van der Waals surface area contributed by atoms with Crippen LogP contribution in [0.25, 0.3) is 5.69 Å². The van der Waals surface area contributed by atoms with E-state index < -0.39 is 15.9 Å². The average Bonchev–Trinajstić information content (AvgIpc) is 3.29. The minimum Gasteiger partial charge on any atom is -0.309 e. The Labute approximate surface area is 229 Å². The summed E-state index contributed by atoms with van der Waals surface area (Å²) in [5.74, 6) is -0.0919. The Balaban J connectivity index is 1.67. The monoisotopic (exact) mass is 550 g/mol. The maximum absolute atomic E-state index is 13.6. The Morgan fingerprint density at radius 3 is 2.24 bits per heavy atom. The number of anilines is 1. The second kappa shape index (κ2) is 11.1. The molecule has 4 aromatic rings. The molecule has 0 saturated heterocycles. The predicted octanol–water partition coefficient (Wildman–Crippen LogP) is 5.96. The van der Waals surface area contributed by atoms with Gasteiger partial charge in [-0.15, -0.1) is 0 Å². The van der Waals surface area contributed by atoms with Gasteiger partial charge in [0.15, 0.2) is 0 Å². The highest BCUT2D eigenvalue weighted by molar-refractivity contribution is 7.89. The zero-order valence-electron chi connectivity index (χ0n) is 21.8. The molecule has 0 spiro atoms. The normalized spacial score (nSPS) is 12.1. The van der Waals surface area contributed by atoms with Gasteiger partial charge in [0.25, 0.3) is 0 Å². The molecule has 0 unspecified atom stereocenters. The second-order valence-corrected chi connectivity index (χ2v) is 12.5. The summed E-state index contributed by atoms with van der Waals surface area (Å²) in [5.41, 5.74) is 2.78. The number of carbonyl (C=O) groups is 1. The number of hydrogen-bond acceptors (Lipinski definition) is 4. The Kier molecular flexibility index (Phi) is 8.06. The molecule has 1 N–H and O–H groups in total. The lowest BCUT2D eigenvalue weighted by Gasteiger charge is -2.22. The number of carbonyl (C=O) groups excluding carboxylic acids is 1. The molecule has 0 atom stereocenters. The van der Waals surface area contributed by atoms with E-state index in [1.54, 1.807) is 47.1 Å². The fraction of sp³-hybridized carbons (Fsp3) is 0.241. The summed E-state index contributed by atoms with van der Waals surface area (Å²) in [7, 11) is -3.96. The van der Waals surface area contributed by atoms with Gasteiger partial charge >= 0.3 is 0 Å². The standard InChI is InChI=1S/C29H31ClN4O3S/c1-21-14-16-23(17-15-21)38(36,37)33(19-22-10-6-5-7-11-22)20-28(35)31-27-18-26(29(2,3)4)32-34(27)25-13-9-8-12-24(25)30/h5-18H,19-20H2,1-4H3,(H,31,35). The number of benzene rings is 3. The molecule has 0 aliphatic heterocycles. The second-order valence-electron chi connectivity index (χ2n) is 10.1. The first-order valence-electron chi connectivity index (χ1n) is 12.2. The third-order valence-electron chi connectivity index (χ3n) is 6.01. The number of amides is 1. The van der Waals surface area contributed by atoms with Crippen molar-refractivity contribution in [2.24, 2.45) is 0 Å². The van der Waals surface area contributed by atoms with E-state index in [2.05, 4.69) is 5.32 Å². The molecule has 0 aliphatic rings. The van der Waals surface area contributed by atoms with Gasteiger partial charge in [-0.1, -0.05) is 92.5 Å². The minimum atomic E-state index is -3.96. The van der Waals surface area contributed by atoms with Gasteiger partial charge in [-0.05, 0) is 36.8 Å². The summed E-state index contributed by atoms with van der Waals surface area (Å²) in [6.07, 6.45) is 0. The van der Waals surface area contributed by atoms with E-state index in [4.69, 9.17) is 16.7 Å². The molecule has 0 aliphatic carbocycles. The largest absolute Gasteiger partial charge is 0.309 e. The van der Waals surface area contributed by atoms with E-state index in [1.165, 1.54) is 4.31 Å². The first-order valence-corrected chi connectivity index (χ1v) is 14.0. The molecule has 7 nitrogen and oxygen atoms in total.